The molecule has 0 saturated carbocycles. The van der Waals surface area contributed by atoms with Crippen LogP contribution in [0.2, 0.25) is 0 Å². The van der Waals surface area contributed by atoms with Crippen LogP contribution in [0.3, 0.4) is 0 Å². The van der Waals surface area contributed by atoms with Gasteiger partial charge in [0.2, 0.25) is 10.0 Å². The Morgan fingerprint density at radius 3 is 2.20 bits per heavy atom. The molecule has 4 nitrogen and oxygen atoms in total. The highest BCUT2D eigenvalue weighted by Gasteiger charge is 2.19. The van der Waals surface area contributed by atoms with Crippen molar-refractivity contribution in [2.24, 2.45) is 0 Å². The van der Waals surface area contributed by atoms with E-state index in [0.29, 0.717) is 12.8 Å². The van der Waals surface area contributed by atoms with Gasteiger partial charge in [0.1, 0.15) is 0 Å². The van der Waals surface area contributed by atoms with Gasteiger partial charge in [0.05, 0.1) is 4.90 Å². The predicted octanol–water partition coefficient (Wildman–Crippen LogP) is 2.42. The number of hydrogen-bond acceptors (Lipinski definition) is 3. The van der Waals surface area contributed by atoms with Crippen molar-refractivity contribution in [3.8, 4) is 0 Å². The molecule has 0 aromatic heterocycles. The number of hydrogen-bond donors (Lipinski definition) is 2. The average Bonchev–Trinajstić information content (AvgIpc) is 2.35. The fourth-order valence-electron chi connectivity index (χ4n) is 1.92. The molecule has 114 valence electrons. The molecule has 0 radical (unpaired) electrons. The summed E-state index contributed by atoms with van der Waals surface area (Å²) in [5.41, 5.74) is 1.11. The van der Waals surface area contributed by atoms with Crippen molar-refractivity contribution < 1.29 is 13.5 Å². The first-order chi connectivity index (χ1) is 9.16. The molecule has 0 fully saturated rings. The van der Waals surface area contributed by atoms with Crippen LogP contribution in [0, 0.1) is 0 Å². The Hall–Kier alpha value is -0.910. The van der Waals surface area contributed by atoms with Crippen LogP contribution in [0.25, 0.3) is 0 Å². The monoisotopic (exact) mass is 299 g/mol. The maximum Gasteiger partial charge on any atom is 0.240 e. The fraction of sp³-hybridized carbons (Fsp3) is 0.600. The third kappa shape index (κ3) is 4.89. The Labute approximate surface area is 122 Å². The van der Waals surface area contributed by atoms with E-state index in [2.05, 4.69) is 25.5 Å². The Kier molecular flexibility index (Phi) is 5.74. The van der Waals surface area contributed by atoms with Crippen LogP contribution in [-0.4, -0.2) is 26.2 Å². The Bertz CT molecular complexity index is 515. The SMILES string of the molecule is CC(CCCO)NS(=O)(=O)c1ccc(C(C)(C)C)cc1. The highest BCUT2D eigenvalue weighted by atomic mass is 32.2. The molecule has 0 spiro atoms. The summed E-state index contributed by atoms with van der Waals surface area (Å²) in [5, 5.41) is 8.76. The van der Waals surface area contributed by atoms with E-state index in [1.165, 1.54) is 0 Å². The topological polar surface area (TPSA) is 66.4 Å². The Balaban J connectivity index is 2.83. The quantitative estimate of drug-likeness (QED) is 0.848. The third-order valence-electron chi connectivity index (χ3n) is 3.18. The zero-order valence-electron chi connectivity index (χ0n) is 12.7. The minimum absolute atomic E-state index is 0.00411. The molecule has 20 heavy (non-hydrogen) atoms. The lowest BCUT2D eigenvalue weighted by molar-refractivity contribution is 0.279. The molecule has 1 atom stereocenters. The molecule has 0 bridgehead atoms. The summed E-state index contributed by atoms with van der Waals surface area (Å²) in [6, 6.07) is 6.80. The molecule has 1 unspecified atom stereocenters. The van der Waals surface area contributed by atoms with Crippen LogP contribution in [0.5, 0.6) is 0 Å². The van der Waals surface area contributed by atoms with Gasteiger partial charge in [-0.1, -0.05) is 32.9 Å². The third-order valence-corrected chi connectivity index (χ3v) is 4.79. The largest absolute Gasteiger partial charge is 0.396 e. The van der Waals surface area contributed by atoms with Crippen molar-refractivity contribution in [2.45, 2.75) is 56.9 Å². The summed E-state index contributed by atoms with van der Waals surface area (Å²) in [6.45, 7) is 8.15. The van der Waals surface area contributed by atoms with Crippen molar-refractivity contribution in [3.05, 3.63) is 29.8 Å². The van der Waals surface area contributed by atoms with Gasteiger partial charge in [-0.25, -0.2) is 13.1 Å². The smallest absolute Gasteiger partial charge is 0.240 e. The molecule has 2 N–H and O–H groups in total. The van der Waals surface area contributed by atoms with E-state index in [4.69, 9.17) is 5.11 Å². The fourth-order valence-corrected chi connectivity index (χ4v) is 3.20. The van der Waals surface area contributed by atoms with Crippen molar-refractivity contribution >= 4 is 10.0 Å². The van der Waals surface area contributed by atoms with Crippen LogP contribution in [0.1, 0.15) is 46.1 Å². The summed E-state index contributed by atoms with van der Waals surface area (Å²) in [6.07, 6.45) is 1.21. The molecule has 0 aliphatic heterocycles. The van der Waals surface area contributed by atoms with Crippen LogP contribution in [0.4, 0.5) is 0 Å². The Morgan fingerprint density at radius 2 is 1.75 bits per heavy atom. The number of benzene rings is 1. The van der Waals surface area contributed by atoms with Gasteiger partial charge in [-0.05, 0) is 42.9 Å². The van der Waals surface area contributed by atoms with Crippen LogP contribution in [0.15, 0.2) is 29.2 Å². The van der Waals surface area contributed by atoms with E-state index in [9.17, 15) is 8.42 Å². The molecule has 5 heteroatoms. The second-order valence-corrected chi connectivity index (χ2v) is 7.88. The standard InChI is InChI=1S/C15H25NO3S/c1-12(6-5-11-17)16-20(18,19)14-9-7-13(8-10-14)15(2,3)4/h7-10,12,16-17H,5-6,11H2,1-4H3. The van der Waals surface area contributed by atoms with Gasteiger partial charge in [-0.2, -0.15) is 0 Å². The number of rotatable bonds is 6. The van der Waals surface area contributed by atoms with E-state index < -0.39 is 10.0 Å². The van der Waals surface area contributed by atoms with Crippen molar-refractivity contribution in [3.63, 3.8) is 0 Å². The maximum atomic E-state index is 12.2. The van der Waals surface area contributed by atoms with Crippen LogP contribution >= 0.6 is 0 Å². The van der Waals surface area contributed by atoms with E-state index in [1.807, 2.05) is 12.1 Å². The molecule has 1 aromatic rings. The normalized spacial score (nSPS) is 14.2. The summed E-state index contributed by atoms with van der Waals surface area (Å²) in [7, 11) is -3.48. The van der Waals surface area contributed by atoms with Gasteiger partial charge < -0.3 is 5.11 Å². The van der Waals surface area contributed by atoms with Gasteiger partial charge in [0, 0.05) is 12.6 Å². The minimum Gasteiger partial charge on any atom is -0.396 e. The van der Waals surface area contributed by atoms with Gasteiger partial charge in [-0.15, -0.1) is 0 Å². The summed E-state index contributed by atoms with van der Waals surface area (Å²) in [5.74, 6) is 0. The average molecular weight is 299 g/mol. The maximum absolute atomic E-state index is 12.2. The lowest BCUT2D eigenvalue weighted by Gasteiger charge is -2.19. The minimum atomic E-state index is -3.48. The summed E-state index contributed by atoms with van der Waals surface area (Å²) in [4.78, 5) is 0.279. The first-order valence-electron chi connectivity index (χ1n) is 6.90. The van der Waals surface area contributed by atoms with E-state index >= 15 is 0 Å². The van der Waals surface area contributed by atoms with Crippen molar-refractivity contribution in [1.82, 2.24) is 4.72 Å². The second-order valence-electron chi connectivity index (χ2n) is 6.16. The van der Waals surface area contributed by atoms with E-state index in [0.717, 1.165) is 5.56 Å². The first-order valence-corrected chi connectivity index (χ1v) is 8.39. The zero-order chi connectivity index (χ0) is 15.4. The van der Waals surface area contributed by atoms with Crippen LogP contribution in [-0.2, 0) is 15.4 Å². The van der Waals surface area contributed by atoms with Crippen molar-refractivity contribution in [1.29, 1.82) is 0 Å². The predicted molar refractivity (Wildman–Crippen MR) is 81.2 cm³/mol. The molecule has 1 aromatic carbocycles. The van der Waals surface area contributed by atoms with Crippen molar-refractivity contribution in [2.75, 3.05) is 6.61 Å². The molecule has 0 aliphatic rings. The van der Waals surface area contributed by atoms with Gasteiger partial charge >= 0.3 is 0 Å². The zero-order valence-corrected chi connectivity index (χ0v) is 13.5. The van der Waals surface area contributed by atoms with E-state index in [-0.39, 0.29) is 23.0 Å². The Morgan fingerprint density at radius 1 is 1.20 bits per heavy atom. The van der Waals surface area contributed by atoms with Crippen LogP contribution < -0.4 is 4.72 Å². The molecular formula is C15H25NO3S. The summed E-state index contributed by atoms with van der Waals surface area (Å²) >= 11 is 0. The lowest BCUT2D eigenvalue weighted by atomic mass is 9.87. The molecular weight excluding hydrogens is 274 g/mol. The number of sulfonamides is 1. The molecule has 1 rings (SSSR count). The molecule has 0 saturated heterocycles. The number of aliphatic hydroxyl groups is 1. The number of aliphatic hydroxyl groups excluding tert-OH is 1. The van der Waals surface area contributed by atoms with Gasteiger partial charge in [0.15, 0.2) is 0 Å². The van der Waals surface area contributed by atoms with Gasteiger partial charge in [-0.3, -0.25) is 0 Å². The number of nitrogens with one attached hydrogen (secondary N) is 1. The first kappa shape index (κ1) is 17.1. The molecule has 0 heterocycles. The summed E-state index contributed by atoms with van der Waals surface area (Å²) < 4.78 is 27.0. The molecule has 0 aliphatic carbocycles. The highest BCUT2D eigenvalue weighted by Crippen LogP contribution is 2.23. The van der Waals surface area contributed by atoms with E-state index in [1.54, 1.807) is 19.1 Å². The molecule has 0 amide bonds. The van der Waals surface area contributed by atoms with Gasteiger partial charge in [0.25, 0.3) is 0 Å². The highest BCUT2D eigenvalue weighted by molar-refractivity contribution is 7.89. The second kappa shape index (κ2) is 6.70. The lowest BCUT2D eigenvalue weighted by Crippen LogP contribution is -2.32.